The Morgan fingerprint density at radius 2 is 1.71 bits per heavy atom. The lowest BCUT2D eigenvalue weighted by atomic mass is 10.2. The molecule has 1 heterocycles. The Bertz CT molecular complexity index is 915. The van der Waals surface area contributed by atoms with Gasteiger partial charge in [0.15, 0.2) is 0 Å². The average molecular weight is 398 g/mol. The quantitative estimate of drug-likeness (QED) is 0.554. The van der Waals surface area contributed by atoms with Crippen LogP contribution in [0.15, 0.2) is 67.0 Å². The summed E-state index contributed by atoms with van der Waals surface area (Å²) in [5, 5.41) is 6.67. The lowest BCUT2D eigenvalue weighted by Crippen LogP contribution is -2.28. The molecule has 1 aromatic heterocycles. The highest BCUT2D eigenvalue weighted by Crippen LogP contribution is 2.19. The van der Waals surface area contributed by atoms with E-state index < -0.39 is 0 Å². The summed E-state index contributed by atoms with van der Waals surface area (Å²) in [4.78, 5) is 16.4. The number of aromatic nitrogens is 1. The number of amides is 1. The van der Waals surface area contributed by atoms with Gasteiger partial charge in [-0.15, -0.1) is 0 Å². The number of nitrogens with zero attached hydrogens (tertiary/aromatic N) is 1. The van der Waals surface area contributed by atoms with Gasteiger partial charge in [-0.3, -0.25) is 9.78 Å². The van der Waals surface area contributed by atoms with Gasteiger partial charge in [-0.1, -0.05) is 11.6 Å². The predicted octanol–water partition coefficient (Wildman–Crippen LogP) is 4.30. The van der Waals surface area contributed by atoms with Crippen LogP contribution in [0.4, 0.5) is 11.4 Å². The Kier molecular flexibility index (Phi) is 6.70. The molecule has 0 aliphatic carbocycles. The van der Waals surface area contributed by atoms with E-state index in [1.54, 1.807) is 31.5 Å². The Balaban J connectivity index is 1.49. The topological polar surface area (TPSA) is 72.5 Å². The van der Waals surface area contributed by atoms with E-state index in [9.17, 15) is 4.79 Å². The van der Waals surface area contributed by atoms with Crippen LogP contribution < -0.4 is 20.1 Å². The summed E-state index contributed by atoms with van der Waals surface area (Å²) in [6.45, 7) is 0.730. The summed E-state index contributed by atoms with van der Waals surface area (Å²) in [7, 11) is 1.61. The first-order chi connectivity index (χ1) is 13.6. The number of halogens is 1. The molecular weight excluding hydrogens is 378 g/mol. The monoisotopic (exact) mass is 397 g/mol. The maximum absolute atomic E-state index is 12.3. The summed E-state index contributed by atoms with van der Waals surface area (Å²) < 4.78 is 10.7. The number of ether oxygens (including phenoxy) is 2. The molecule has 1 amide bonds. The van der Waals surface area contributed by atoms with Crippen molar-refractivity contribution < 1.29 is 14.3 Å². The van der Waals surface area contributed by atoms with Crippen LogP contribution >= 0.6 is 11.6 Å². The molecule has 0 aliphatic rings. The maximum atomic E-state index is 12.3. The van der Waals surface area contributed by atoms with Gasteiger partial charge in [-0.2, -0.15) is 0 Å². The van der Waals surface area contributed by atoms with Crippen LogP contribution in [0.3, 0.4) is 0 Å². The number of rotatable bonds is 8. The van der Waals surface area contributed by atoms with Crippen molar-refractivity contribution in [2.24, 2.45) is 0 Å². The zero-order valence-corrected chi connectivity index (χ0v) is 16.1. The number of methoxy groups -OCH3 is 1. The van der Waals surface area contributed by atoms with E-state index in [2.05, 4.69) is 15.6 Å². The van der Waals surface area contributed by atoms with Crippen molar-refractivity contribution in [3.8, 4) is 11.5 Å². The van der Waals surface area contributed by atoms with Crippen molar-refractivity contribution in [3.63, 3.8) is 0 Å². The van der Waals surface area contributed by atoms with Crippen LogP contribution in [-0.4, -0.2) is 31.2 Å². The van der Waals surface area contributed by atoms with Gasteiger partial charge >= 0.3 is 0 Å². The van der Waals surface area contributed by atoms with Gasteiger partial charge in [0.1, 0.15) is 18.1 Å². The van der Waals surface area contributed by atoms with Gasteiger partial charge < -0.3 is 20.1 Å². The zero-order chi connectivity index (χ0) is 19.8. The molecule has 0 saturated heterocycles. The minimum atomic E-state index is -0.217. The lowest BCUT2D eigenvalue weighted by molar-refractivity contribution is 0.0946. The number of anilines is 2. The van der Waals surface area contributed by atoms with Gasteiger partial charge in [0.05, 0.1) is 31.1 Å². The number of nitrogens with one attached hydrogen (secondary N) is 2. The minimum Gasteiger partial charge on any atom is -0.497 e. The van der Waals surface area contributed by atoms with E-state index >= 15 is 0 Å². The molecule has 6 nitrogen and oxygen atoms in total. The van der Waals surface area contributed by atoms with Crippen molar-refractivity contribution in [2.45, 2.75) is 0 Å². The van der Waals surface area contributed by atoms with Crippen molar-refractivity contribution in [2.75, 3.05) is 25.6 Å². The highest BCUT2D eigenvalue weighted by Gasteiger charge is 2.07. The fraction of sp³-hybridized carbons (Fsp3) is 0.143. The number of pyridine rings is 1. The van der Waals surface area contributed by atoms with E-state index in [4.69, 9.17) is 21.1 Å². The molecule has 3 aromatic rings. The number of hydrogen-bond donors (Lipinski definition) is 2. The Morgan fingerprint density at radius 3 is 2.43 bits per heavy atom. The van der Waals surface area contributed by atoms with E-state index in [1.807, 2.05) is 36.4 Å². The lowest BCUT2D eigenvalue weighted by Gasteiger charge is -2.10. The Morgan fingerprint density at radius 1 is 1.00 bits per heavy atom. The average Bonchev–Trinajstić information content (AvgIpc) is 2.73. The summed E-state index contributed by atoms with van der Waals surface area (Å²) in [6, 6.07) is 16.3. The molecular formula is C21H20ClN3O3. The van der Waals surface area contributed by atoms with E-state index in [0.717, 1.165) is 11.4 Å². The molecule has 28 heavy (non-hydrogen) atoms. The van der Waals surface area contributed by atoms with Crippen molar-refractivity contribution >= 4 is 28.9 Å². The fourth-order valence-electron chi connectivity index (χ4n) is 2.44. The van der Waals surface area contributed by atoms with Gasteiger partial charge in [0.25, 0.3) is 5.91 Å². The molecule has 144 valence electrons. The first kappa shape index (κ1) is 19.5. The third-order valence-electron chi connectivity index (χ3n) is 3.85. The largest absolute Gasteiger partial charge is 0.497 e. The standard InChI is InChI=1S/C21H20ClN3O3/c1-27-19-6-8-20(9-7-19)28-11-10-24-21(26)15-12-18(14-23-13-15)25-17-4-2-16(22)3-5-17/h2-9,12-14,25H,10-11H2,1H3,(H,24,26). The summed E-state index contributed by atoms with van der Waals surface area (Å²) >= 11 is 5.89. The highest BCUT2D eigenvalue weighted by atomic mass is 35.5. The first-order valence-corrected chi connectivity index (χ1v) is 9.04. The van der Waals surface area contributed by atoms with Crippen molar-refractivity contribution in [3.05, 3.63) is 77.6 Å². The van der Waals surface area contributed by atoms with Crippen LogP contribution in [0.5, 0.6) is 11.5 Å². The Hall–Kier alpha value is -3.25. The van der Waals surface area contributed by atoms with Crippen molar-refractivity contribution in [1.29, 1.82) is 0 Å². The molecule has 2 N–H and O–H groups in total. The molecule has 3 rings (SSSR count). The van der Waals surface area contributed by atoms with Gasteiger partial charge in [-0.05, 0) is 54.6 Å². The summed E-state index contributed by atoms with van der Waals surface area (Å²) in [5.41, 5.74) is 2.03. The summed E-state index contributed by atoms with van der Waals surface area (Å²) in [5.74, 6) is 1.26. The van der Waals surface area contributed by atoms with Crippen LogP contribution in [0.25, 0.3) is 0 Å². The number of benzene rings is 2. The number of carbonyl (C=O) groups is 1. The number of carbonyl (C=O) groups excluding carboxylic acids is 1. The molecule has 0 aliphatic heterocycles. The van der Waals surface area contributed by atoms with Crippen LogP contribution in [-0.2, 0) is 0 Å². The number of hydrogen-bond acceptors (Lipinski definition) is 5. The van der Waals surface area contributed by atoms with Gasteiger partial charge in [-0.25, -0.2) is 0 Å². The maximum Gasteiger partial charge on any atom is 0.253 e. The zero-order valence-electron chi connectivity index (χ0n) is 15.3. The third-order valence-corrected chi connectivity index (χ3v) is 4.10. The van der Waals surface area contributed by atoms with Gasteiger partial charge in [0, 0.05) is 16.9 Å². The first-order valence-electron chi connectivity index (χ1n) is 8.67. The minimum absolute atomic E-state index is 0.217. The third kappa shape index (κ3) is 5.62. The van der Waals surface area contributed by atoms with Crippen LogP contribution in [0, 0.1) is 0 Å². The highest BCUT2D eigenvalue weighted by molar-refractivity contribution is 6.30. The normalized spacial score (nSPS) is 10.2. The Labute approximate surface area is 168 Å². The second-order valence-electron chi connectivity index (χ2n) is 5.87. The fourth-order valence-corrected chi connectivity index (χ4v) is 2.57. The summed E-state index contributed by atoms with van der Waals surface area (Å²) in [6.07, 6.45) is 3.17. The molecule has 0 saturated carbocycles. The molecule has 0 fully saturated rings. The second kappa shape index (κ2) is 9.62. The van der Waals surface area contributed by atoms with Crippen molar-refractivity contribution in [1.82, 2.24) is 10.3 Å². The van der Waals surface area contributed by atoms with Crippen LogP contribution in [0.2, 0.25) is 5.02 Å². The SMILES string of the molecule is COc1ccc(OCCNC(=O)c2cncc(Nc3ccc(Cl)cc3)c2)cc1. The smallest absolute Gasteiger partial charge is 0.253 e. The molecule has 7 heteroatoms. The molecule has 0 spiro atoms. The van der Waals surface area contributed by atoms with E-state index in [1.165, 1.54) is 6.20 Å². The van der Waals surface area contributed by atoms with E-state index in [-0.39, 0.29) is 5.91 Å². The second-order valence-corrected chi connectivity index (χ2v) is 6.31. The molecule has 0 bridgehead atoms. The molecule has 0 atom stereocenters. The van der Waals surface area contributed by atoms with Gasteiger partial charge in [0.2, 0.25) is 0 Å². The molecule has 0 unspecified atom stereocenters. The molecule has 0 radical (unpaired) electrons. The van der Waals surface area contributed by atoms with Crippen LogP contribution in [0.1, 0.15) is 10.4 Å². The predicted molar refractivity (Wildman–Crippen MR) is 110 cm³/mol. The van der Waals surface area contributed by atoms with E-state index in [0.29, 0.717) is 35.2 Å². The molecule has 2 aromatic carbocycles.